The summed E-state index contributed by atoms with van der Waals surface area (Å²) in [6, 6.07) is 15.1. The highest BCUT2D eigenvalue weighted by atomic mass is 79.9. The SMILES string of the molecule is O=C1N/C(=C/c2cc(Br)c(OCc3ccccc3F)c(Br)c2)C(=O)N1Cc1ccccc1F. The van der Waals surface area contributed by atoms with Crippen LogP contribution in [0.3, 0.4) is 0 Å². The van der Waals surface area contributed by atoms with E-state index in [9.17, 15) is 18.4 Å². The van der Waals surface area contributed by atoms with E-state index in [-0.39, 0.29) is 30.2 Å². The summed E-state index contributed by atoms with van der Waals surface area (Å²) >= 11 is 6.86. The van der Waals surface area contributed by atoms with E-state index < -0.39 is 17.8 Å². The Morgan fingerprint density at radius 3 is 2.09 bits per heavy atom. The highest BCUT2D eigenvalue weighted by Gasteiger charge is 2.34. The number of ether oxygens (including phenoxy) is 1. The minimum absolute atomic E-state index is 0.0316. The van der Waals surface area contributed by atoms with Gasteiger partial charge in [-0.25, -0.2) is 13.6 Å². The Labute approximate surface area is 205 Å². The molecule has 0 atom stereocenters. The van der Waals surface area contributed by atoms with E-state index >= 15 is 0 Å². The lowest BCUT2D eigenvalue weighted by molar-refractivity contribution is -0.123. The third kappa shape index (κ3) is 5.15. The summed E-state index contributed by atoms with van der Waals surface area (Å²) in [6.45, 7) is -0.144. The summed E-state index contributed by atoms with van der Waals surface area (Å²) in [5, 5.41) is 2.52. The lowest BCUT2D eigenvalue weighted by atomic mass is 10.1. The number of hydrogen-bond donors (Lipinski definition) is 1. The van der Waals surface area contributed by atoms with Crippen LogP contribution in [-0.4, -0.2) is 16.8 Å². The first-order valence-corrected chi connectivity index (χ1v) is 11.4. The second-order valence-corrected chi connectivity index (χ2v) is 8.87. The number of urea groups is 1. The van der Waals surface area contributed by atoms with Gasteiger partial charge in [0.1, 0.15) is 29.7 Å². The van der Waals surface area contributed by atoms with Crippen molar-refractivity contribution in [2.45, 2.75) is 13.2 Å². The van der Waals surface area contributed by atoms with Gasteiger partial charge in [0.2, 0.25) is 0 Å². The van der Waals surface area contributed by atoms with Crippen molar-refractivity contribution < 1.29 is 23.1 Å². The lowest BCUT2D eigenvalue weighted by Gasteiger charge is -2.12. The number of amides is 3. The van der Waals surface area contributed by atoms with Crippen molar-refractivity contribution in [1.29, 1.82) is 0 Å². The van der Waals surface area contributed by atoms with Crippen LogP contribution in [0.15, 0.2) is 75.3 Å². The topological polar surface area (TPSA) is 58.6 Å². The van der Waals surface area contributed by atoms with E-state index in [0.29, 0.717) is 25.8 Å². The Kier molecular flexibility index (Phi) is 6.90. The van der Waals surface area contributed by atoms with Gasteiger partial charge in [-0.15, -0.1) is 0 Å². The van der Waals surface area contributed by atoms with Crippen molar-refractivity contribution in [3.8, 4) is 5.75 Å². The van der Waals surface area contributed by atoms with E-state index in [2.05, 4.69) is 37.2 Å². The summed E-state index contributed by atoms with van der Waals surface area (Å²) in [7, 11) is 0. The van der Waals surface area contributed by atoms with Crippen LogP contribution in [0.25, 0.3) is 6.08 Å². The Balaban J connectivity index is 1.52. The monoisotopic (exact) mass is 576 g/mol. The third-order valence-corrected chi connectivity index (χ3v) is 6.09. The largest absolute Gasteiger partial charge is 0.486 e. The molecule has 0 aromatic heterocycles. The molecule has 0 bridgehead atoms. The number of nitrogens with one attached hydrogen (secondary N) is 1. The molecule has 0 unspecified atom stereocenters. The van der Waals surface area contributed by atoms with Gasteiger partial charge in [0, 0.05) is 11.1 Å². The minimum atomic E-state index is -0.627. The molecule has 0 saturated carbocycles. The molecule has 1 heterocycles. The molecule has 1 aliphatic rings. The maximum atomic E-state index is 13.9. The fourth-order valence-electron chi connectivity index (χ4n) is 3.24. The molecule has 1 N–H and O–H groups in total. The third-order valence-electron chi connectivity index (χ3n) is 4.91. The molecule has 1 fully saturated rings. The first-order valence-electron chi connectivity index (χ1n) is 9.76. The van der Waals surface area contributed by atoms with Crippen molar-refractivity contribution in [3.05, 3.63) is 104 Å². The number of carbonyl (C=O) groups is 2. The van der Waals surface area contributed by atoms with Crippen LogP contribution in [0.5, 0.6) is 5.75 Å². The number of imide groups is 1. The standard InChI is InChI=1S/C24H16Br2F2N2O3/c25-17-9-14(10-18(26)22(17)33-13-16-6-2-4-8-20(16)28)11-21-23(31)30(24(32)29-21)12-15-5-1-3-7-19(15)27/h1-11H,12-13H2,(H,29,32)/b21-11+. The molecule has 0 spiro atoms. The predicted molar refractivity (Wildman–Crippen MR) is 126 cm³/mol. The zero-order valence-corrected chi connectivity index (χ0v) is 20.1. The first kappa shape index (κ1) is 23.1. The van der Waals surface area contributed by atoms with E-state index in [1.807, 2.05) is 0 Å². The van der Waals surface area contributed by atoms with Crippen LogP contribution < -0.4 is 10.1 Å². The maximum absolute atomic E-state index is 13.9. The Hall–Kier alpha value is -3.04. The average Bonchev–Trinajstić information content (AvgIpc) is 3.03. The molecular weight excluding hydrogens is 562 g/mol. The summed E-state index contributed by atoms with van der Waals surface area (Å²) in [4.78, 5) is 26.0. The van der Waals surface area contributed by atoms with Gasteiger partial charge in [0.05, 0.1) is 15.5 Å². The van der Waals surface area contributed by atoms with E-state index in [1.165, 1.54) is 30.3 Å². The van der Waals surface area contributed by atoms with E-state index in [0.717, 1.165) is 4.90 Å². The first-order chi connectivity index (χ1) is 15.8. The van der Waals surface area contributed by atoms with Gasteiger partial charge < -0.3 is 10.1 Å². The van der Waals surface area contributed by atoms with Gasteiger partial charge in [-0.05, 0) is 67.8 Å². The molecular formula is C24H16Br2F2N2O3. The fraction of sp³-hybridized carbons (Fsp3) is 0.0833. The Morgan fingerprint density at radius 1 is 0.909 bits per heavy atom. The van der Waals surface area contributed by atoms with Gasteiger partial charge in [-0.3, -0.25) is 9.69 Å². The highest BCUT2D eigenvalue weighted by molar-refractivity contribution is 9.11. The molecule has 4 rings (SSSR count). The van der Waals surface area contributed by atoms with Crippen LogP contribution >= 0.6 is 31.9 Å². The molecule has 9 heteroatoms. The number of hydrogen-bond acceptors (Lipinski definition) is 3. The summed E-state index contributed by atoms with van der Waals surface area (Å²) in [5.74, 6) is -0.949. The van der Waals surface area contributed by atoms with Crippen LogP contribution in [0.2, 0.25) is 0 Å². The second kappa shape index (κ2) is 9.84. The molecule has 1 saturated heterocycles. The Morgan fingerprint density at radius 2 is 1.48 bits per heavy atom. The van der Waals surface area contributed by atoms with Gasteiger partial charge in [0.25, 0.3) is 5.91 Å². The quantitative estimate of drug-likeness (QED) is 0.282. The van der Waals surface area contributed by atoms with Crippen LogP contribution in [0.4, 0.5) is 13.6 Å². The average molecular weight is 578 g/mol. The Bertz CT molecular complexity index is 1260. The number of nitrogens with zero attached hydrogens (tertiary/aromatic N) is 1. The summed E-state index contributed by atoms with van der Waals surface area (Å²) in [6.07, 6.45) is 1.51. The molecule has 5 nitrogen and oxygen atoms in total. The van der Waals surface area contributed by atoms with Crippen LogP contribution in [-0.2, 0) is 17.9 Å². The van der Waals surface area contributed by atoms with E-state index in [4.69, 9.17) is 4.74 Å². The molecule has 33 heavy (non-hydrogen) atoms. The van der Waals surface area contributed by atoms with Crippen molar-refractivity contribution in [1.82, 2.24) is 10.2 Å². The van der Waals surface area contributed by atoms with Gasteiger partial charge in [-0.2, -0.15) is 0 Å². The van der Waals surface area contributed by atoms with Crippen molar-refractivity contribution in [3.63, 3.8) is 0 Å². The van der Waals surface area contributed by atoms with Crippen molar-refractivity contribution in [2.75, 3.05) is 0 Å². The number of benzene rings is 3. The van der Waals surface area contributed by atoms with Crippen molar-refractivity contribution >= 4 is 49.9 Å². The molecule has 168 valence electrons. The maximum Gasteiger partial charge on any atom is 0.329 e. The molecule has 0 radical (unpaired) electrons. The number of halogens is 4. The van der Waals surface area contributed by atoms with Crippen molar-refractivity contribution in [2.24, 2.45) is 0 Å². The smallest absolute Gasteiger partial charge is 0.329 e. The highest BCUT2D eigenvalue weighted by Crippen LogP contribution is 2.36. The molecule has 3 amide bonds. The lowest BCUT2D eigenvalue weighted by Crippen LogP contribution is -2.30. The molecule has 0 aliphatic carbocycles. The number of carbonyl (C=O) groups excluding carboxylic acids is 2. The minimum Gasteiger partial charge on any atom is -0.486 e. The van der Waals surface area contributed by atoms with Gasteiger partial charge in [0.15, 0.2) is 0 Å². The second-order valence-electron chi connectivity index (χ2n) is 7.16. The van der Waals surface area contributed by atoms with Crippen LogP contribution in [0.1, 0.15) is 16.7 Å². The van der Waals surface area contributed by atoms with Crippen LogP contribution in [0, 0.1) is 11.6 Å². The predicted octanol–water partition coefficient (Wildman–Crippen LogP) is 6.16. The zero-order valence-electron chi connectivity index (χ0n) is 16.9. The normalized spacial score (nSPS) is 14.7. The molecule has 1 aliphatic heterocycles. The number of rotatable bonds is 6. The zero-order chi connectivity index (χ0) is 23.5. The van der Waals surface area contributed by atoms with Gasteiger partial charge in [-0.1, -0.05) is 36.4 Å². The molecule has 3 aromatic rings. The molecule has 3 aromatic carbocycles. The fourth-order valence-corrected chi connectivity index (χ4v) is 4.70. The van der Waals surface area contributed by atoms with E-state index in [1.54, 1.807) is 36.4 Å². The summed E-state index contributed by atoms with van der Waals surface area (Å²) in [5.41, 5.74) is 1.32. The summed E-state index contributed by atoms with van der Waals surface area (Å²) < 4.78 is 34.7. The van der Waals surface area contributed by atoms with Gasteiger partial charge >= 0.3 is 6.03 Å².